The molecule has 2 rings (SSSR count). The minimum Gasteiger partial charge on any atom is -0.388 e. The fourth-order valence-electron chi connectivity index (χ4n) is 2.74. The Balaban J connectivity index is 2.03. The number of benzene rings is 1. The third-order valence-electron chi connectivity index (χ3n) is 3.81. The number of aryl methyl sites for hydroxylation is 1. The monoisotopic (exact) mass is 262 g/mol. The molecule has 1 aromatic rings. The number of hydrogen-bond donors (Lipinski definition) is 2. The lowest BCUT2D eigenvalue weighted by atomic mass is 10.1. The summed E-state index contributed by atoms with van der Waals surface area (Å²) in [6.07, 6.45) is 2.02. The van der Waals surface area contributed by atoms with Crippen molar-refractivity contribution in [2.75, 3.05) is 24.5 Å². The summed E-state index contributed by atoms with van der Waals surface area (Å²) in [6, 6.07) is 6.64. The summed E-state index contributed by atoms with van der Waals surface area (Å²) in [5, 5.41) is 13.5. The maximum Gasteiger partial charge on any atom is 0.0810 e. The lowest BCUT2D eigenvalue weighted by Crippen LogP contribution is -2.29. The second-order valence-corrected chi connectivity index (χ2v) is 5.97. The van der Waals surface area contributed by atoms with Crippen molar-refractivity contribution in [3.8, 4) is 0 Å². The van der Waals surface area contributed by atoms with Gasteiger partial charge >= 0.3 is 0 Å². The molecule has 1 aromatic carbocycles. The van der Waals surface area contributed by atoms with Crippen LogP contribution in [0.2, 0.25) is 0 Å². The quantitative estimate of drug-likeness (QED) is 0.800. The van der Waals surface area contributed by atoms with Gasteiger partial charge in [0.05, 0.1) is 5.60 Å². The first-order valence-corrected chi connectivity index (χ1v) is 7.29. The van der Waals surface area contributed by atoms with E-state index >= 15 is 0 Å². The molecule has 1 saturated heterocycles. The largest absolute Gasteiger partial charge is 0.388 e. The SMILES string of the molecule is CCCNCc1ccc(N2CCC(C)(O)C2)c(C)c1. The first kappa shape index (κ1) is 14.4. The Morgan fingerprint density at radius 2 is 2.21 bits per heavy atom. The van der Waals surface area contributed by atoms with E-state index in [0.717, 1.165) is 32.6 Å². The molecular formula is C16H26N2O. The summed E-state index contributed by atoms with van der Waals surface area (Å²) in [5.74, 6) is 0. The third-order valence-corrected chi connectivity index (χ3v) is 3.81. The molecular weight excluding hydrogens is 236 g/mol. The summed E-state index contributed by atoms with van der Waals surface area (Å²) in [7, 11) is 0. The highest BCUT2D eigenvalue weighted by Crippen LogP contribution is 2.29. The summed E-state index contributed by atoms with van der Waals surface area (Å²) < 4.78 is 0. The van der Waals surface area contributed by atoms with Crippen LogP contribution in [0.1, 0.15) is 37.8 Å². The topological polar surface area (TPSA) is 35.5 Å². The molecule has 2 N–H and O–H groups in total. The van der Waals surface area contributed by atoms with E-state index < -0.39 is 5.60 Å². The molecule has 1 unspecified atom stereocenters. The Morgan fingerprint density at radius 1 is 1.42 bits per heavy atom. The average Bonchev–Trinajstić information content (AvgIpc) is 2.70. The molecule has 3 nitrogen and oxygen atoms in total. The summed E-state index contributed by atoms with van der Waals surface area (Å²) in [6.45, 7) is 9.95. The number of β-amino-alcohol motifs (C(OH)–C–C–N with tert-alkyl or cyclic N) is 1. The molecule has 0 aliphatic carbocycles. The second kappa shape index (κ2) is 5.93. The van der Waals surface area contributed by atoms with Crippen LogP contribution in [0.15, 0.2) is 18.2 Å². The lowest BCUT2D eigenvalue weighted by molar-refractivity contribution is 0.0839. The van der Waals surface area contributed by atoms with Crippen LogP contribution in [0.5, 0.6) is 0 Å². The van der Waals surface area contributed by atoms with Gasteiger partial charge in [-0.3, -0.25) is 0 Å². The Labute approximate surface area is 116 Å². The van der Waals surface area contributed by atoms with Gasteiger partial charge in [-0.2, -0.15) is 0 Å². The maximum atomic E-state index is 10.1. The molecule has 1 atom stereocenters. The molecule has 1 heterocycles. The van der Waals surface area contributed by atoms with Gasteiger partial charge in [0.15, 0.2) is 0 Å². The van der Waals surface area contributed by atoms with E-state index in [2.05, 4.69) is 42.3 Å². The fourth-order valence-corrected chi connectivity index (χ4v) is 2.74. The molecule has 0 aromatic heterocycles. The van der Waals surface area contributed by atoms with Crippen LogP contribution in [0, 0.1) is 6.92 Å². The van der Waals surface area contributed by atoms with Crippen molar-refractivity contribution in [3.05, 3.63) is 29.3 Å². The zero-order chi connectivity index (χ0) is 13.9. The minimum absolute atomic E-state index is 0.534. The number of hydrogen-bond acceptors (Lipinski definition) is 3. The van der Waals surface area contributed by atoms with Crippen LogP contribution >= 0.6 is 0 Å². The first-order valence-electron chi connectivity index (χ1n) is 7.29. The van der Waals surface area contributed by atoms with Crippen molar-refractivity contribution in [1.29, 1.82) is 0 Å². The molecule has 1 aliphatic heterocycles. The Kier molecular flexibility index (Phi) is 4.48. The summed E-state index contributed by atoms with van der Waals surface area (Å²) in [5.41, 5.74) is 3.36. The first-order chi connectivity index (χ1) is 9.02. The van der Waals surface area contributed by atoms with Crippen molar-refractivity contribution in [2.24, 2.45) is 0 Å². The normalized spacial score (nSPS) is 23.1. The number of nitrogens with zero attached hydrogens (tertiary/aromatic N) is 1. The molecule has 0 bridgehead atoms. The van der Waals surface area contributed by atoms with Crippen LogP contribution < -0.4 is 10.2 Å². The standard InChI is InChI=1S/C16H26N2O/c1-4-8-17-11-14-5-6-15(13(2)10-14)18-9-7-16(3,19)12-18/h5-6,10,17,19H,4,7-9,11-12H2,1-3H3. The minimum atomic E-state index is -0.534. The Bertz CT molecular complexity index is 429. The van der Waals surface area contributed by atoms with E-state index in [4.69, 9.17) is 0 Å². The van der Waals surface area contributed by atoms with Crippen molar-refractivity contribution < 1.29 is 5.11 Å². The molecule has 0 radical (unpaired) electrons. The van der Waals surface area contributed by atoms with Gasteiger partial charge < -0.3 is 15.3 Å². The van der Waals surface area contributed by atoms with Crippen LogP contribution in [0.3, 0.4) is 0 Å². The van der Waals surface area contributed by atoms with Crippen LogP contribution in [-0.4, -0.2) is 30.3 Å². The van der Waals surface area contributed by atoms with Gasteiger partial charge in [0.25, 0.3) is 0 Å². The van der Waals surface area contributed by atoms with Gasteiger partial charge in [0.1, 0.15) is 0 Å². The molecule has 3 heteroatoms. The Hall–Kier alpha value is -1.06. The number of anilines is 1. The lowest BCUT2D eigenvalue weighted by Gasteiger charge is -2.23. The van der Waals surface area contributed by atoms with Gasteiger partial charge in [0.2, 0.25) is 0 Å². The van der Waals surface area contributed by atoms with Crippen molar-refractivity contribution >= 4 is 5.69 Å². The van der Waals surface area contributed by atoms with Crippen molar-refractivity contribution in [2.45, 2.75) is 45.8 Å². The van der Waals surface area contributed by atoms with E-state index in [-0.39, 0.29) is 0 Å². The van der Waals surface area contributed by atoms with Crippen molar-refractivity contribution in [1.82, 2.24) is 5.32 Å². The highest BCUT2D eigenvalue weighted by molar-refractivity contribution is 5.55. The average molecular weight is 262 g/mol. The van der Waals surface area contributed by atoms with E-state index in [0.29, 0.717) is 0 Å². The predicted molar refractivity (Wildman–Crippen MR) is 80.6 cm³/mol. The molecule has 1 fully saturated rings. The summed E-state index contributed by atoms with van der Waals surface area (Å²) >= 11 is 0. The van der Waals surface area contributed by atoms with Gasteiger partial charge in [-0.25, -0.2) is 0 Å². The third kappa shape index (κ3) is 3.71. The fraction of sp³-hybridized carbons (Fsp3) is 0.625. The van der Waals surface area contributed by atoms with Gasteiger partial charge in [0, 0.05) is 25.3 Å². The molecule has 0 amide bonds. The zero-order valence-corrected chi connectivity index (χ0v) is 12.4. The molecule has 0 saturated carbocycles. The van der Waals surface area contributed by atoms with E-state index in [9.17, 15) is 5.11 Å². The van der Waals surface area contributed by atoms with E-state index in [1.54, 1.807) is 0 Å². The van der Waals surface area contributed by atoms with Crippen LogP contribution in [0.4, 0.5) is 5.69 Å². The molecule has 1 aliphatic rings. The second-order valence-electron chi connectivity index (χ2n) is 5.97. The van der Waals surface area contributed by atoms with E-state index in [1.807, 2.05) is 6.92 Å². The maximum absolute atomic E-state index is 10.1. The zero-order valence-electron chi connectivity index (χ0n) is 12.4. The molecule has 0 spiro atoms. The van der Waals surface area contributed by atoms with Gasteiger partial charge in [-0.05, 0) is 50.4 Å². The van der Waals surface area contributed by atoms with Crippen LogP contribution in [-0.2, 0) is 6.54 Å². The number of nitrogens with one attached hydrogen (secondary N) is 1. The van der Waals surface area contributed by atoms with Gasteiger partial charge in [-0.1, -0.05) is 19.1 Å². The highest BCUT2D eigenvalue weighted by Gasteiger charge is 2.31. The van der Waals surface area contributed by atoms with E-state index in [1.165, 1.54) is 23.2 Å². The van der Waals surface area contributed by atoms with Crippen LogP contribution in [0.25, 0.3) is 0 Å². The number of rotatable bonds is 5. The highest BCUT2D eigenvalue weighted by atomic mass is 16.3. The smallest absolute Gasteiger partial charge is 0.0810 e. The Morgan fingerprint density at radius 3 is 2.79 bits per heavy atom. The predicted octanol–water partition coefficient (Wildman–Crippen LogP) is 2.46. The van der Waals surface area contributed by atoms with Crippen molar-refractivity contribution in [3.63, 3.8) is 0 Å². The molecule has 106 valence electrons. The number of aliphatic hydroxyl groups is 1. The summed E-state index contributed by atoms with van der Waals surface area (Å²) in [4.78, 5) is 2.29. The molecule has 19 heavy (non-hydrogen) atoms. The van der Waals surface area contributed by atoms with Gasteiger partial charge in [-0.15, -0.1) is 0 Å².